The fourth-order valence-electron chi connectivity index (χ4n) is 2.57. The van der Waals surface area contributed by atoms with Crippen LogP contribution in [0.3, 0.4) is 0 Å². The van der Waals surface area contributed by atoms with E-state index in [1.807, 2.05) is 0 Å². The minimum absolute atomic E-state index is 0.0770. The number of amides is 2. The van der Waals surface area contributed by atoms with Gasteiger partial charge in [-0.2, -0.15) is 13.5 Å². The van der Waals surface area contributed by atoms with Crippen molar-refractivity contribution in [2.75, 3.05) is 32.8 Å². The van der Waals surface area contributed by atoms with Crippen LogP contribution in [0.5, 0.6) is 0 Å². The standard InChI is InChI=1S/C12H16N6O7S/c13-1-2-24-7-11(19)10-6-17(15-14-10)8-3-9-5-16(4-8)12(20)18(9)25-26(21,22)23/h3,6,9H,1-2,4-5,7,13H2,(H,21,22,23). The lowest BCUT2D eigenvalue weighted by Crippen LogP contribution is -2.35. The minimum atomic E-state index is -4.83. The number of aromatic nitrogens is 3. The van der Waals surface area contributed by atoms with Crippen LogP contribution in [0, 0.1) is 0 Å². The smallest absolute Gasteiger partial charge is 0.372 e. The third kappa shape index (κ3) is 3.88. The van der Waals surface area contributed by atoms with Crippen molar-refractivity contribution in [3.63, 3.8) is 0 Å². The van der Waals surface area contributed by atoms with Crippen molar-refractivity contribution >= 4 is 27.9 Å². The summed E-state index contributed by atoms with van der Waals surface area (Å²) in [7, 11) is -4.83. The number of rotatable bonds is 8. The molecule has 0 spiro atoms. The van der Waals surface area contributed by atoms with E-state index in [0.29, 0.717) is 17.3 Å². The Labute approximate surface area is 147 Å². The molecule has 0 aliphatic carbocycles. The van der Waals surface area contributed by atoms with Crippen LogP contribution < -0.4 is 5.73 Å². The maximum absolute atomic E-state index is 12.1. The van der Waals surface area contributed by atoms with E-state index in [1.165, 1.54) is 15.8 Å². The van der Waals surface area contributed by atoms with Crippen LogP contribution in [-0.2, 0) is 19.4 Å². The highest BCUT2D eigenvalue weighted by atomic mass is 32.3. The van der Waals surface area contributed by atoms with Gasteiger partial charge >= 0.3 is 16.4 Å². The van der Waals surface area contributed by atoms with Gasteiger partial charge in [0.25, 0.3) is 0 Å². The number of nitrogens with zero attached hydrogens (tertiary/aromatic N) is 5. The van der Waals surface area contributed by atoms with Crippen LogP contribution >= 0.6 is 0 Å². The number of ether oxygens (including phenoxy) is 1. The molecule has 1 fully saturated rings. The molecule has 2 bridgehead atoms. The Morgan fingerprint density at radius 2 is 2.23 bits per heavy atom. The van der Waals surface area contributed by atoms with Crippen molar-refractivity contribution < 1.29 is 31.6 Å². The number of hydroxylamine groups is 2. The van der Waals surface area contributed by atoms with Crippen molar-refractivity contribution in [1.29, 1.82) is 0 Å². The summed E-state index contributed by atoms with van der Waals surface area (Å²) < 4.78 is 41.2. The lowest BCUT2D eigenvalue weighted by Gasteiger charge is -2.20. The first-order valence-corrected chi connectivity index (χ1v) is 8.84. The zero-order valence-corrected chi connectivity index (χ0v) is 14.2. The molecule has 1 aromatic heterocycles. The molecule has 3 rings (SSSR count). The maximum Gasteiger partial charge on any atom is 0.418 e. The van der Waals surface area contributed by atoms with E-state index in [-0.39, 0.29) is 37.8 Å². The third-order valence-electron chi connectivity index (χ3n) is 3.65. The molecule has 2 aliphatic rings. The van der Waals surface area contributed by atoms with Crippen LogP contribution in [0.15, 0.2) is 12.3 Å². The molecule has 3 N–H and O–H groups in total. The highest BCUT2D eigenvalue weighted by Gasteiger charge is 2.43. The summed E-state index contributed by atoms with van der Waals surface area (Å²) in [6.45, 7) is 0.637. The molecule has 142 valence electrons. The van der Waals surface area contributed by atoms with Crippen LogP contribution in [0.1, 0.15) is 10.5 Å². The van der Waals surface area contributed by atoms with Gasteiger partial charge in [-0.15, -0.1) is 9.38 Å². The van der Waals surface area contributed by atoms with Gasteiger partial charge in [0.1, 0.15) is 12.6 Å². The van der Waals surface area contributed by atoms with Crippen LogP contribution in [0.25, 0.3) is 5.70 Å². The van der Waals surface area contributed by atoms with Gasteiger partial charge in [-0.05, 0) is 6.08 Å². The lowest BCUT2D eigenvalue weighted by atomic mass is 10.2. The van der Waals surface area contributed by atoms with Crippen LogP contribution in [0.2, 0.25) is 0 Å². The number of hydrogen-bond acceptors (Lipinski definition) is 9. The normalized spacial score (nSPS) is 19.8. The molecule has 1 unspecified atom stereocenters. The molecule has 13 nitrogen and oxygen atoms in total. The first kappa shape index (κ1) is 18.4. The molecular formula is C12H16N6O7S. The van der Waals surface area contributed by atoms with E-state index < -0.39 is 22.5 Å². The molecule has 1 saturated heterocycles. The summed E-state index contributed by atoms with van der Waals surface area (Å²) in [5.74, 6) is -0.378. The van der Waals surface area contributed by atoms with Gasteiger partial charge < -0.3 is 15.4 Å². The monoisotopic (exact) mass is 388 g/mol. The summed E-state index contributed by atoms with van der Waals surface area (Å²) in [5, 5.41) is 8.17. The Balaban J connectivity index is 1.74. The van der Waals surface area contributed by atoms with Crippen LogP contribution in [-0.4, -0.2) is 88.6 Å². The SMILES string of the molecule is NCCOCC(=O)c1cn(C2=CC3CN(C2)C(=O)N3OS(=O)(=O)O)nn1. The van der Waals surface area contributed by atoms with Gasteiger partial charge in [0.05, 0.1) is 25.0 Å². The molecule has 1 aromatic rings. The summed E-state index contributed by atoms with van der Waals surface area (Å²) in [4.78, 5) is 25.3. The largest absolute Gasteiger partial charge is 0.418 e. The van der Waals surface area contributed by atoms with Gasteiger partial charge in [-0.25, -0.2) is 9.48 Å². The van der Waals surface area contributed by atoms with Gasteiger partial charge in [-0.1, -0.05) is 5.21 Å². The van der Waals surface area contributed by atoms with Crippen molar-refractivity contribution in [3.8, 4) is 0 Å². The quantitative estimate of drug-likeness (QED) is 0.292. The van der Waals surface area contributed by atoms with Crippen molar-refractivity contribution in [1.82, 2.24) is 25.0 Å². The zero-order valence-electron chi connectivity index (χ0n) is 13.4. The highest BCUT2D eigenvalue weighted by Crippen LogP contribution is 2.27. The Hall–Kier alpha value is -2.39. The third-order valence-corrected chi connectivity index (χ3v) is 4.00. The zero-order chi connectivity index (χ0) is 18.9. The summed E-state index contributed by atoms with van der Waals surface area (Å²) >= 11 is 0. The van der Waals surface area contributed by atoms with E-state index in [4.69, 9.17) is 15.0 Å². The Morgan fingerprint density at radius 3 is 2.92 bits per heavy atom. The highest BCUT2D eigenvalue weighted by molar-refractivity contribution is 7.80. The van der Waals surface area contributed by atoms with Gasteiger partial charge in [0.15, 0.2) is 5.69 Å². The lowest BCUT2D eigenvalue weighted by molar-refractivity contribution is -0.0183. The first-order chi connectivity index (χ1) is 12.3. The molecule has 0 radical (unpaired) electrons. The number of carbonyl (C=O) groups is 2. The van der Waals surface area contributed by atoms with Gasteiger partial charge in [0, 0.05) is 13.1 Å². The molecule has 26 heavy (non-hydrogen) atoms. The second-order valence-corrected chi connectivity index (χ2v) is 6.53. The second-order valence-electron chi connectivity index (χ2n) is 5.53. The molecule has 2 aliphatic heterocycles. The van der Waals surface area contributed by atoms with Gasteiger partial charge in [-0.3, -0.25) is 9.35 Å². The number of ketones is 1. The summed E-state index contributed by atoms with van der Waals surface area (Å²) in [6, 6.07) is -1.46. The van der Waals surface area contributed by atoms with Crippen molar-refractivity contribution in [3.05, 3.63) is 18.0 Å². The maximum atomic E-state index is 12.1. The average Bonchev–Trinajstić information content (AvgIpc) is 3.14. The predicted octanol–water partition coefficient (Wildman–Crippen LogP) is -1.87. The molecule has 2 amide bonds. The Morgan fingerprint density at radius 1 is 1.46 bits per heavy atom. The Kier molecular flexibility index (Phi) is 5.01. The second kappa shape index (κ2) is 7.08. The average molecular weight is 388 g/mol. The van der Waals surface area contributed by atoms with Gasteiger partial charge in [0.2, 0.25) is 5.78 Å². The molecule has 3 heterocycles. The summed E-state index contributed by atoms with van der Waals surface area (Å²) in [5.41, 5.74) is 5.84. The number of nitrogens with two attached hydrogens (primary N) is 1. The fourth-order valence-corrected chi connectivity index (χ4v) is 2.95. The number of carbonyl (C=O) groups excluding carboxylic acids is 2. The van der Waals surface area contributed by atoms with Crippen LogP contribution in [0.4, 0.5) is 4.79 Å². The Bertz CT molecular complexity index is 850. The number of Topliss-reactive ketones (excluding diaryl/α,β-unsaturated/α-hetero) is 1. The number of fused-ring (bicyclic) bond motifs is 2. The molecule has 0 aromatic carbocycles. The number of urea groups is 1. The topological polar surface area (TPSA) is 170 Å². The molecular weight excluding hydrogens is 372 g/mol. The molecule has 14 heteroatoms. The molecule has 0 saturated carbocycles. The fraction of sp³-hybridized carbons (Fsp3) is 0.500. The first-order valence-electron chi connectivity index (χ1n) is 7.48. The van der Waals surface area contributed by atoms with E-state index in [2.05, 4.69) is 14.6 Å². The van der Waals surface area contributed by atoms with E-state index in [1.54, 1.807) is 6.08 Å². The minimum Gasteiger partial charge on any atom is -0.372 e. The van der Waals surface area contributed by atoms with E-state index in [0.717, 1.165) is 0 Å². The van der Waals surface area contributed by atoms with E-state index in [9.17, 15) is 18.0 Å². The van der Waals surface area contributed by atoms with Crippen molar-refractivity contribution in [2.24, 2.45) is 5.73 Å². The molecule has 1 atom stereocenters. The van der Waals surface area contributed by atoms with E-state index >= 15 is 0 Å². The number of hydrogen-bond donors (Lipinski definition) is 2. The summed E-state index contributed by atoms with van der Waals surface area (Å²) in [6.07, 6.45) is 2.92. The predicted molar refractivity (Wildman–Crippen MR) is 83.7 cm³/mol. The van der Waals surface area contributed by atoms with Crippen molar-refractivity contribution in [2.45, 2.75) is 6.04 Å².